The predicted octanol–water partition coefficient (Wildman–Crippen LogP) is 1.49. The fourth-order valence-corrected chi connectivity index (χ4v) is 6.72. The summed E-state index contributed by atoms with van der Waals surface area (Å²) in [5, 5.41) is 0.431. The molecule has 0 aromatic carbocycles. The predicted molar refractivity (Wildman–Crippen MR) is 80.2 cm³/mol. The first-order valence-corrected chi connectivity index (χ1v) is 9.80. The van der Waals surface area contributed by atoms with E-state index in [2.05, 4.69) is 4.74 Å². The molecule has 1 aliphatic carbocycles. The molecule has 2 rings (SSSR count). The van der Waals surface area contributed by atoms with Gasteiger partial charge in [0.15, 0.2) is 0 Å². The van der Waals surface area contributed by atoms with Gasteiger partial charge in [0.05, 0.1) is 18.8 Å². The highest BCUT2D eigenvalue weighted by Crippen LogP contribution is 2.37. The van der Waals surface area contributed by atoms with Crippen LogP contribution in [-0.2, 0) is 19.6 Å². The van der Waals surface area contributed by atoms with Gasteiger partial charge < -0.3 is 4.74 Å². The summed E-state index contributed by atoms with van der Waals surface area (Å²) in [6, 6.07) is 0.123. The third-order valence-electron chi connectivity index (χ3n) is 4.10. The highest BCUT2D eigenvalue weighted by Gasteiger charge is 2.40. The van der Waals surface area contributed by atoms with Gasteiger partial charge in [0.25, 0.3) is 0 Å². The summed E-state index contributed by atoms with van der Waals surface area (Å²) in [6.45, 7) is 2.18. The third-order valence-corrected chi connectivity index (χ3v) is 7.59. The molecule has 1 saturated carbocycles. The van der Waals surface area contributed by atoms with E-state index in [0.717, 1.165) is 25.0 Å². The largest absolute Gasteiger partial charge is 0.469 e. The normalized spacial score (nSPS) is 29.5. The minimum Gasteiger partial charge on any atom is -0.469 e. The van der Waals surface area contributed by atoms with Crippen LogP contribution in [0.15, 0.2) is 0 Å². The Morgan fingerprint density at radius 1 is 1.40 bits per heavy atom. The molecule has 116 valence electrons. The lowest BCUT2D eigenvalue weighted by molar-refractivity contribution is -0.144. The molecule has 20 heavy (non-hydrogen) atoms. The van der Waals surface area contributed by atoms with Crippen LogP contribution in [0.4, 0.5) is 0 Å². The first-order valence-electron chi connectivity index (χ1n) is 7.14. The number of methoxy groups -OCH3 is 1. The summed E-state index contributed by atoms with van der Waals surface area (Å²) in [5.74, 6) is -0.359. The molecule has 0 aromatic rings. The van der Waals surface area contributed by atoms with Crippen LogP contribution in [-0.4, -0.2) is 55.1 Å². The molecular formula is C13H23NO4S2. The maximum Gasteiger partial charge on any atom is 0.309 e. The Morgan fingerprint density at radius 2 is 2.10 bits per heavy atom. The van der Waals surface area contributed by atoms with Gasteiger partial charge >= 0.3 is 5.97 Å². The van der Waals surface area contributed by atoms with E-state index in [1.54, 1.807) is 11.2 Å². The van der Waals surface area contributed by atoms with Crippen molar-refractivity contribution in [2.45, 2.75) is 43.9 Å². The summed E-state index contributed by atoms with van der Waals surface area (Å²) >= 11 is 1.90. The third kappa shape index (κ3) is 3.49. The zero-order valence-corrected chi connectivity index (χ0v) is 13.7. The highest BCUT2D eigenvalue weighted by atomic mass is 32.2. The molecule has 5 nitrogen and oxygen atoms in total. The van der Waals surface area contributed by atoms with Crippen molar-refractivity contribution in [1.29, 1.82) is 0 Å². The van der Waals surface area contributed by atoms with Crippen LogP contribution in [0.1, 0.15) is 32.6 Å². The number of sulfonamides is 1. The average Bonchev–Trinajstić information content (AvgIpc) is 2.45. The number of carbonyl (C=O) groups is 1. The quantitative estimate of drug-likeness (QED) is 0.734. The van der Waals surface area contributed by atoms with Crippen molar-refractivity contribution < 1.29 is 17.9 Å². The number of nitrogens with zero attached hydrogens (tertiary/aromatic N) is 1. The van der Waals surface area contributed by atoms with Crippen LogP contribution < -0.4 is 0 Å². The van der Waals surface area contributed by atoms with E-state index in [1.807, 2.05) is 11.8 Å². The monoisotopic (exact) mass is 321 g/mol. The molecule has 7 heteroatoms. The first-order chi connectivity index (χ1) is 9.45. The van der Waals surface area contributed by atoms with Gasteiger partial charge in [-0.25, -0.2) is 8.42 Å². The van der Waals surface area contributed by atoms with Crippen LogP contribution in [0.5, 0.6) is 0 Å². The van der Waals surface area contributed by atoms with Gasteiger partial charge in [0, 0.05) is 23.6 Å². The van der Waals surface area contributed by atoms with E-state index in [0.29, 0.717) is 11.8 Å². The number of hydrogen-bond donors (Lipinski definition) is 0. The second-order valence-electron chi connectivity index (χ2n) is 5.57. The fourth-order valence-electron chi connectivity index (χ4n) is 3.09. The van der Waals surface area contributed by atoms with E-state index in [-0.39, 0.29) is 11.8 Å². The lowest BCUT2D eigenvalue weighted by Crippen LogP contribution is -2.52. The first kappa shape index (κ1) is 16.1. The van der Waals surface area contributed by atoms with Gasteiger partial charge in [-0.3, -0.25) is 4.79 Å². The second-order valence-corrected chi connectivity index (χ2v) is 8.89. The van der Waals surface area contributed by atoms with Crippen molar-refractivity contribution in [1.82, 2.24) is 4.31 Å². The van der Waals surface area contributed by atoms with Crippen LogP contribution in [0.25, 0.3) is 0 Å². The van der Waals surface area contributed by atoms with Gasteiger partial charge in [0.1, 0.15) is 0 Å². The molecule has 2 aliphatic rings. The SMILES string of the molecule is COC(=O)[C@H](C)CS(=O)(=O)N1CCS[C@H]2CCCC[C@@H]21. The molecule has 0 aromatic heterocycles. The molecule has 2 fully saturated rings. The molecule has 1 aliphatic heterocycles. The van der Waals surface area contributed by atoms with Crippen LogP contribution >= 0.6 is 11.8 Å². The lowest BCUT2D eigenvalue weighted by Gasteiger charge is -2.42. The van der Waals surface area contributed by atoms with E-state index >= 15 is 0 Å². The topological polar surface area (TPSA) is 63.7 Å². The maximum atomic E-state index is 12.6. The molecule has 1 saturated heterocycles. The highest BCUT2D eigenvalue weighted by molar-refractivity contribution is 8.00. The number of thioether (sulfide) groups is 1. The molecular weight excluding hydrogens is 298 g/mol. The van der Waals surface area contributed by atoms with Crippen molar-refractivity contribution >= 4 is 27.8 Å². The number of hydrogen-bond acceptors (Lipinski definition) is 5. The standard InChI is InChI=1S/C13H23NO4S2/c1-10(13(15)18-2)9-20(16,17)14-7-8-19-12-6-4-3-5-11(12)14/h10-12H,3-9H2,1-2H3/t10-,11+,12+/m1/s1. The van der Waals surface area contributed by atoms with E-state index in [1.165, 1.54) is 13.5 Å². The summed E-state index contributed by atoms with van der Waals surface area (Å²) in [6.07, 6.45) is 4.35. The van der Waals surface area contributed by atoms with E-state index < -0.39 is 21.9 Å². The van der Waals surface area contributed by atoms with Crippen LogP contribution in [0, 0.1) is 5.92 Å². The Labute approximate surface area is 125 Å². The van der Waals surface area contributed by atoms with Gasteiger partial charge in [-0.05, 0) is 12.8 Å². The van der Waals surface area contributed by atoms with Crippen molar-refractivity contribution in [2.24, 2.45) is 5.92 Å². The summed E-state index contributed by atoms with van der Waals surface area (Å²) < 4.78 is 31.4. The smallest absolute Gasteiger partial charge is 0.309 e. The van der Waals surface area contributed by atoms with Gasteiger partial charge in [-0.2, -0.15) is 16.1 Å². The van der Waals surface area contributed by atoms with Gasteiger partial charge in [-0.15, -0.1) is 0 Å². The van der Waals surface area contributed by atoms with E-state index in [9.17, 15) is 13.2 Å². The number of rotatable bonds is 4. The molecule has 3 atom stereocenters. The number of esters is 1. The van der Waals surface area contributed by atoms with Crippen LogP contribution in [0.3, 0.4) is 0 Å². The molecule has 0 radical (unpaired) electrons. The zero-order chi connectivity index (χ0) is 14.8. The number of fused-ring (bicyclic) bond motifs is 1. The Morgan fingerprint density at radius 3 is 2.80 bits per heavy atom. The Bertz CT molecular complexity index is 449. The fraction of sp³-hybridized carbons (Fsp3) is 0.923. The lowest BCUT2D eigenvalue weighted by atomic mass is 9.95. The van der Waals surface area contributed by atoms with Crippen molar-refractivity contribution in [3.63, 3.8) is 0 Å². The maximum absolute atomic E-state index is 12.6. The number of ether oxygens (including phenoxy) is 1. The molecule has 1 heterocycles. The van der Waals surface area contributed by atoms with Crippen molar-refractivity contribution in [3.8, 4) is 0 Å². The van der Waals surface area contributed by atoms with Crippen molar-refractivity contribution in [3.05, 3.63) is 0 Å². The number of carbonyl (C=O) groups excluding carboxylic acids is 1. The second kappa shape index (κ2) is 6.66. The molecule has 0 N–H and O–H groups in total. The molecule has 0 amide bonds. The summed E-state index contributed by atoms with van der Waals surface area (Å²) in [4.78, 5) is 11.4. The zero-order valence-electron chi connectivity index (χ0n) is 12.1. The molecule has 0 spiro atoms. The minimum absolute atomic E-state index is 0.123. The van der Waals surface area contributed by atoms with Crippen LogP contribution in [0.2, 0.25) is 0 Å². The minimum atomic E-state index is -3.39. The molecule has 0 unspecified atom stereocenters. The Balaban J connectivity index is 2.09. The Hall–Kier alpha value is -0.270. The van der Waals surface area contributed by atoms with Gasteiger partial charge in [0.2, 0.25) is 10.0 Å². The molecule has 0 bridgehead atoms. The summed E-state index contributed by atoms with van der Waals surface area (Å²) in [7, 11) is -2.10. The average molecular weight is 321 g/mol. The Kier molecular flexibility index (Phi) is 5.36. The van der Waals surface area contributed by atoms with E-state index in [4.69, 9.17) is 0 Å². The summed E-state index contributed by atoms with van der Waals surface area (Å²) in [5.41, 5.74) is 0. The van der Waals surface area contributed by atoms with Crippen molar-refractivity contribution in [2.75, 3.05) is 25.2 Å². The van der Waals surface area contributed by atoms with Gasteiger partial charge in [-0.1, -0.05) is 19.8 Å².